The van der Waals surface area contributed by atoms with E-state index in [2.05, 4.69) is 5.32 Å². The summed E-state index contributed by atoms with van der Waals surface area (Å²) < 4.78 is 0. The Kier molecular flexibility index (Phi) is 5.69. The summed E-state index contributed by atoms with van der Waals surface area (Å²) >= 11 is 0. The molecule has 0 bridgehead atoms. The molecule has 2 aromatic rings. The van der Waals surface area contributed by atoms with Crippen LogP contribution in [0.4, 0.5) is 5.69 Å². The van der Waals surface area contributed by atoms with Gasteiger partial charge in [-0.05, 0) is 30.7 Å². The van der Waals surface area contributed by atoms with Gasteiger partial charge in [-0.1, -0.05) is 48.0 Å². The molecule has 0 atom stereocenters. The number of hydrogen-bond acceptors (Lipinski definition) is 2. The lowest BCUT2D eigenvalue weighted by molar-refractivity contribution is -0.129. The molecule has 0 fully saturated rings. The van der Waals surface area contributed by atoms with Crippen molar-refractivity contribution in [1.29, 1.82) is 0 Å². The smallest absolute Gasteiger partial charge is 0.246 e. The van der Waals surface area contributed by atoms with Crippen molar-refractivity contribution in [1.82, 2.24) is 4.90 Å². The number of nitrogens with one attached hydrogen (secondary N) is 1. The van der Waals surface area contributed by atoms with Crippen molar-refractivity contribution in [2.24, 2.45) is 0 Å². The Morgan fingerprint density at radius 2 is 1.83 bits per heavy atom. The first-order valence-electron chi connectivity index (χ1n) is 7.39. The van der Waals surface area contributed by atoms with E-state index in [4.69, 9.17) is 0 Å². The molecule has 0 heterocycles. The number of rotatable bonds is 5. The second kappa shape index (κ2) is 7.94. The first kappa shape index (κ1) is 16.5. The summed E-state index contributed by atoms with van der Waals surface area (Å²) in [5, 5.41) is 2.75. The van der Waals surface area contributed by atoms with Gasteiger partial charge in [0.25, 0.3) is 0 Å². The molecule has 0 aliphatic rings. The molecule has 0 unspecified atom stereocenters. The Hall–Kier alpha value is -2.88. The topological polar surface area (TPSA) is 49.4 Å². The number of likely N-dealkylation sites (N-methyl/N-ethyl adjacent to an activating group) is 1. The van der Waals surface area contributed by atoms with E-state index in [1.807, 2.05) is 49.4 Å². The molecule has 0 saturated heterocycles. The highest BCUT2D eigenvalue weighted by Gasteiger charge is 2.10. The fourth-order valence-electron chi connectivity index (χ4n) is 2.08. The monoisotopic (exact) mass is 308 g/mol. The van der Waals surface area contributed by atoms with Crippen LogP contribution in [0.1, 0.15) is 11.1 Å². The molecule has 1 N–H and O–H groups in total. The van der Waals surface area contributed by atoms with Crippen LogP contribution in [0.3, 0.4) is 0 Å². The molecule has 2 rings (SSSR count). The molecule has 118 valence electrons. The van der Waals surface area contributed by atoms with Gasteiger partial charge in [-0.3, -0.25) is 9.59 Å². The predicted molar refractivity (Wildman–Crippen MR) is 92.9 cm³/mol. The van der Waals surface area contributed by atoms with Gasteiger partial charge in [-0.2, -0.15) is 0 Å². The predicted octanol–water partition coefficient (Wildman–Crippen LogP) is 3.11. The number of amides is 2. The number of carbonyl (C=O) groups is 2. The van der Waals surface area contributed by atoms with Crippen molar-refractivity contribution in [2.75, 3.05) is 18.9 Å². The first-order chi connectivity index (χ1) is 11.0. The Bertz CT molecular complexity index is 708. The van der Waals surface area contributed by atoms with Crippen molar-refractivity contribution in [2.45, 2.75) is 6.92 Å². The lowest BCUT2D eigenvalue weighted by Gasteiger charge is -2.14. The average Bonchev–Trinajstić information content (AvgIpc) is 2.53. The first-order valence-corrected chi connectivity index (χ1v) is 7.39. The van der Waals surface area contributed by atoms with Crippen molar-refractivity contribution < 1.29 is 9.59 Å². The molecule has 2 amide bonds. The van der Waals surface area contributed by atoms with E-state index in [-0.39, 0.29) is 18.4 Å². The van der Waals surface area contributed by atoms with Gasteiger partial charge in [0.2, 0.25) is 11.8 Å². The third-order valence-corrected chi connectivity index (χ3v) is 3.28. The Balaban J connectivity index is 1.88. The van der Waals surface area contributed by atoms with Crippen LogP contribution in [-0.2, 0) is 9.59 Å². The molecule has 2 aromatic carbocycles. The summed E-state index contributed by atoms with van der Waals surface area (Å²) in [6, 6.07) is 17.0. The number of benzene rings is 2. The number of carbonyl (C=O) groups excluding carboxylic acids is 2. The molecule has 23 heavy (non-hydrogen) atoms. The Morgan fingerprint density at radius 3 is 2.52 bits per heavy atom. The zero-order valence-electron chi connectivity index (χ0n) is 13.3. The molecule has 0 aliphatic heterocycles. The maximum Gasteiger partial charge on any atom is 0.246 e. The minimum absolute atomic E-state index is 0.00584. The van der Waals surface area contributed by atoms with Crippen LogP contribution in [0.15, 0.2) is 60.7 Å². The molecule has 0 radical (unpaired) electrons. The van der Waals surface area contributed by atoms with Crippen LogP contribution in [0, 0.1) is 6.92 Å². The van der Waals surface area contributed by atoms with Crippen molar-refractivity contribution in [3.63, 3.8) is 0 Å². The maximum absolute atomic E-state index is 12.0. The normalized spacial score (nSPS) is 10.5. The highest BCUT2D eigenvalue weighted by Crippen LogP contribution is 2.07. The molecule has 0 aliphatic carbocycles. The number of aryl methyl sites for hydroxylation is 1. The van der Waals surface area contributed by atoms with Gasteiger partial charge in [-0.25, -0.2) is 0 Å². The summed E-state index contributed by atoms with van der Waals surface area (Å²) in [4.78, 5) is 25.3. The van der Waals surface area contributed by atoms with Gasteiger partial charge in [-0.15, -0.1) is 0 Å². The molecular weight excluding hydrogens is 288 g/mol. The van der Waals surface area contributed by atoms with Crippen LogP contribution in [0.25, 0.3) is 6.08 Å². The summed E-state index contributed by atoms with van der Waals surface area (Å²) in [7, 11) is 1.60. The van der Waals surface area contributed by atoms with Gasteiger partial charge in [0.1, 0.15) is 0 Å². The minimum Gasteiger partial charge on any atom is -0.333 e. The molecule has 0 spiro atoms. The summed E-state index contributed by atoms with van der Waals surface area (Å²) in [6.45, 7) is 2.01. The lowest BCUT2D eigenvalue weighted by atomic mass is 10.1. The van der Waals surface area contributed by atoms with E-state index >= 15 is 0 Å². The maximum atomic E-state index is 12.0. The molecular formula is C19H20N2O2. The number of anilines is 1. The molecule has 4 heteroatoms. The van der Waals surface area contributed by atoms with E-state index in [9.17, 15) is 9.59 Å². The van der Waals surface area contributed by atoms with Crippen molar-refractivity contribution >= 4 is 23.6 Å². The SMILES string of the molecule is Cc1cccc(/C=C/C(=O)N(C)CC(=O)Nc2ccccc2)c1. The van der Waals surface area contributed by atoms with Gasteiger partial charge in [0.05, 0.1) is 6.54 Å². The van der Waals surface area contributed by atoms with Crippen LogP contribution < -0.4 is 5.32 Å². The highest BCUT2D eigenvalue weighted by atomic mass is 16.2. The van der Waals surface area contributed by atoms with Gasteiger partial charge in [0, 0.05) is 18.8 Å². The van der Waals surface area contributed by atoms with Crippen molar-refractivity contribution in [3.05, 3.63) is 71.8 Å². The Labute approximate surface area is 136 Å². The van der Waals surface area contributed by atoms with Gasteiger partial charge >= 0.3 is 0 Å². The quantitative estimate of drug-likeness (QED) is 0.863. The average molecular weight is 308 g/mol. The second-order valence-corrected chi connectivity index (χ2v) is 5.36. The van der Waals surface area contributed by atoms with Crippen LogP contribution in [0.5, 0.6) is 0 Å². The van der Waals surface area contributed by atoms with E-state index in [0.717, 1.165) is 11.1 Å². The molecule has 4 nitrogen and oxygen atoms in total. The number of hydrogen-bond donors (Lipinski definition) is 1. The van der Waals surface area contributed by atoms with E-state index in [0.29, 0.717) is 5.69 Å². The highest BCUT2D eigenvalue weighted by molar-refractivity contribution is 5.97. The van der Waals surface area contributed by atoms with E-state index in [1.165, 1.54) is 11.0 Å². The number of para-hydroxylation sites is 1. The van der Waals surface area contributed by atoms with Crippen LogP contribution in [0.2, 0.25) is 0 Å². The zero-order chi connectivity index (χ0) is 16.7. The van der Waals surface area contributed by atoms with Gasteiger partial charge in [0.15, 0.2) is 0 Å². The van der Waals surface area contributed by atoms with Crippen LogP contribution in [-0.4, -0.2) is 30.3 Å². The van der Waals surface area contributed by atoms with Crippen LogP contribution >= 0.6 is 0 Å². The third kappa shape index (κ3) is 5.43. The molecule has 0 saturated carbocycles. The second-order valence-electron chi connectivity index (χ2n) is 5.36. The van der Waals surface area contributed by atoms with E-state index in [1.54, 1.807) is 25.3 Å². The standard InChI is InChI=1S/C19H20N2O2/c1-15-7-6-8-16(13-15)11-12-19(23)21(2)14-18(22)20-17-9-4-3-5-10-17/h3-13H,14H2,1-2H3,(H,20,22)/b12-11+. The number of nitrogens with zero attached hydrogens (tertiary/aromatic N) is 1. The summed E-state index contributed by atoms with van der Waals surface area (Å²) in [5.74, 6) is -0.439. The summed E-state index contributed by atoms with van der Waals surface area (Å²) in [6.07, 6.45) is 3.23. The zero-order valence-corrected chi connectivity index (χ0v) is 13.3. The fraction of sp³-hybridized carbons (Fsp3) is 0.158. The van der Waals surface area contributed by atoms with Gasteiger partial charge < -0.3 is 10.2 Å². The molecule has 0 aromatic heterocycles. The fourth-order valence-corrected chi connectivity index (χ4v) is 2.08. The Morgan fingerprint density at radius 1 is 1.09 bits per heavy atom. The van der Waals surface area contributed by atoms with Crippen molar-refractivity contribution in [3.8, 4) is 0 Å². The lowest BCUT2D eigenvalue weighted by Crippen LogP contribution is -2.33. The minimum atomic E-state index is -0.226. The summed E-state index contributed by atoms with van der Waals surface area (Å²) in [5.41, 5.74) is 2.81. The largest absolute Gasteiger partial charge is 0.333 e. The van der Waals surface area contributed by atoms with E-state index < -0.39 is 0 Å². The third-order valence-electron chi connectivity index (χ3n) is 3.28.